The second-order valence-corrected chi connectivity index (χ2v) is 19.6. The van der Waals surface area contributed by atoms with Gasteiger partial charge in [-0.15, -0.1) is 0 Å². The smallest absolute Gasteiger partial charge is 0.220 e. The highest BCUT2D eigenvalue weighted by Gasteiger charge is 2.40. The van der Waals surface area contributed by atoms with E-state index in [1.165, 1.54) is 24.3 Å². The SMILES string of the molecule is [2H]C([2H])([2H])c1ccc2c(c1)Oc1c(cc(-n3c4ccccc4n4c5ccccc5nc34)c(C([2H])([2H])[2H])c1-c1cc3c(cc1C1([2H])CCCC1)-c1ccccc1-c1ccccc1-c1ccccc1-3)[Si]2(C([2H])([2H])[2H])C([2H])([2H])[2H]. The van der Waals surface area contributed by atoms with Crippen LogP contribution in [0.5, 0.6) is 11.5 Å². The van der Waals surface area contributed by atoms with E-state index in [1.807, 2.05) is 114 Å². The van der Waals surface area contributed by atoms with Crippen LogP contribution in [0.15, 0.2) is 158 Å². The lowest BCUT2D eigenvalue weighted by atomic mass is 9.77. The van der Waals surface area contributed by atoms with E-state index < -0.39 is 40.6 Å². The van der Waals surface area contributed by atoms with Crippen molar-refractivity contribution in [1.82, 2.24) is 14.0 Å². The Bertz CT molecular complexity index is 4070. The monoisotopic (exact) mass is 842 g/mol. The lowest BCUT2D eigenvalue weighted by molar-refractivity contribution is 0.487. The average Bonchev–Trinajstić information content (AvgIpc) is 4.22. The Morgan fingerprint density at radius 3 is 1.84 bits per heavy atom. The lowest BCUT2D eigenvalue weighted by Gasteiger charge is -2.36. The first-order chi connectivity index (χ1) is 36.1. The summed E-state index contributed by atoms with van der Waals surface area (Å²) in [6.45, 7) is -12.4. The first kappa shape index (κ1) is 25.9. The molecule has 10 aromatic rings. The molecule has 1 aliphatic heterocycles. The van der Waals surface area contributed by atoms with Crippen LogP contribution in [0.2, 0.25) is 13.0 Å². The zero-order valence-electron chi connectivity index (χ0n) is 47.1. The van der Waals surface area contributed by atoms with Crippen LogP contribution in [-0.4, -0.2) is 22.0 Å². The van der Waals surface area contributed by atoms with Gasteiger partial charge in [0.1, 0.15) is 19.6 Å². The summed E-state index contributed by atoms with van der Waals surface area (Å²) >= 11 is 0. The number of ether oxygens (including phenoxy) is 1. The van der Waals surface area contributed by atoms with Crippen molar-refractivity contribution in [2.75, 3.05) is 0 Å². The summed E-state index contributed by atoms with van der Waals surface area (Å²) in [7, 11) is -5.40. The van der Waals surface area contributed by atoms with Gasteiger partial charge >= 0.3 is 0 Å². The van der Waals surface area contributed by atoms with E-state index in [0.717, 1.165) is 44.5 Å². The molecule has 3 aliphatic rings. The van der Waals surface area contributed by atoms with Crippen LogP contribution in [0, 0.1) is 13.7 Å². The van der Waals surface area contributed by atoms with Crippen LogP contribution in [0.4, 0.5) is 0 Å². The molecule has 13 rings (SSSR count). The number of hydrogen-bond donors (Lipinski definition) is 0. The van der Waals surface area contributed by atoms with Gasteiger partial charge in [-0.1, -0.05) is 135 Å². The fourth-order valence-electron chi connectivity index (χ4n) is 10.7. The molecule has 4 nitrogen and oxygen atoms in total. The third kappa shape index (κ3) is 5.23. The van der Waals surface area contributed by atoms with E-state index >= 15 is 0 Å². The van der Waals surface area contributed by atoms with Gasteiger partial charge in [-0.3, -0.25) is 8.97 Å². The third-order valence-corrected chi connectivity index (χ3v) is 16.0. The second kappa shape index (κ2) is 13.5. The van der Waals surface area contributed by atoms with Crippen molar-refractivity contribution in [3.05, 3.63) is 174 Å². The highest BCUT2D eigenvalue weighted by atomic mass is 28.3. The van der Waals surface area contributed by atoms with E-state index in [2.05, 4.69) is 24.3 Å². The number of hydrogen-bond acceptors (Lipinski definition) is 2. The van der Waals surface area contributed by atoms with Crippen molar-refractivity contribution in [1.29, 1.82) is 0 Å². The molecule has 0 unspecified atom stereocenters. The summed E-state index contributed by atoms with van der Waals surface area (Å²) in [6, 6.07) is 48.1. The lowest BCUT2D eigenvalue weighted by Crippen LogP contribution is -2.56. The van der Waals surface area contributed by atoms with E-state index in [0.29, 0.717) is 59.1 Å². The Kier molecular flexibility index (Phi) is 5.55. The van der Waals surface area contributed by atoms with Crippen molar-refractivity contribution in [2.24, 2.45) is 0 Å². The minimum absolute atomic E-state index is 0.0328. The number of benzene rings is 8. The predicted octanol–water partition coefficient (Wildman–Crippen LogP) is 14.3. The molecule has 2 aromatic heterocycles. The van der Waals surface area contributed by atoms with E-state index in [1.54, 1.807) is 4.57 Å². The van der Waals surface area contributed by atoms with Gasteiger partial charge in [0.2, 0.25) is 5.78 Å². The fourth-order valence-corrected chi connectivity index (χ4v) is 12.7. The Hall–Kier alpha value is -6.95. The summed E-state index contributed by atoms with van der Waals surface area (Å²) in [5.41, 5.74) is 9.56. The molecule has 3 heterocycles. The van der Waals surface area contributed by atoms with Gasteiger partial charge in [0.15, 0.2) is 0 Å². The third-order valence-electron chi connectivity index (χ3n) is 13.6. The number of rotatable bonds is 3. The molecule has 0 radical (unpaired) electrons. The van der Waals surface area contributed by atoms with Gasteiger partial charge in [-0.25, -0.2) is 4.98 Å². The Morgan fingerprint density at radius 2 is 1.19 bits per heavy atom. The van der Waals surface area contributed by atoms with E-state index in [-0.39, 0.29) is 49.8 Å². The Balaban J connectivity index is 1.29. The fraction of sp³-hybridized carbons (Fsp3) is 0.155. The molecular formula is C58H47N3OSi. The quantitative estimate of drug-likeness (QED) is 0.166. The van der Waals surface area contributed by atoms with Crippen LogP contribution in [0.25, 0.3) is 89.2 Å². The highest BCUT2D eigenvalue weighted by Crippen LogP contribution is 2.53. The Morgan fingerprint density at radius 1 is 0.587 bits per heavy atom. The molecule has 0 saturated heterocycles. The van der Waals surface area contributed by atoms with Crippen LogP contribution < -0.4 is 15.1 Å². The minimum Gasteiger partial charge on any atom is -0.457 e. The zero-order chi connectivity index (χ0) is 53.1. The summed E-state index contributed by atoms with van der Waals surface area (Å²) in [5, 5.41) is -0.384. The maximum absolute atomic E-state index is 10.6. The maximum Gasteiger partial charge on any atom is 0.220 e. The molecule has 1 saturated carbocycles. The molecule has 0 atom stereocenters. The number of imidazole rings is 2. The van der Waals surface area contributed by atoms with Gasteiger partial charge in [0.25, 0.3) is 0 Å². The maximum atomic E-state index is 10.6. The summed E-state index contributed by atoms with van der Waals surface area (Å²) in [5.74, 6) is -1.63. The number of aromatic nitrogens is 3. The first-order valence-corrected chi connectivity index (χ1v) is 23.5. The van der Waals surface area contributed by atoms with Crippen molar-refractivity contribution < 1.29 is 22.6 Å². The van der Waals surface area contributed by atoms with Crippen LogP contribution in [0.1, 0.15) is 66.1 Å². The molecule has 63 heavy (non-hydrogen) atoms. The predicted molar refractivity (Wildman–Crippen MR) is 264 cm³/mol. The zero-order valence-corrected chi connectivity index (χ0v) is 35.1. The van der Waals surface area contributed by atoms with Crippen molar-refractivity contribution >= 4 is 46.3 Å². The molecule has 2 aliphatic carbocycles. The van der Waals surface area contributed by atoms with Crippen LogP contribution in [-0.2, 0) is 0 Å². The summed E-state index contributed by atoms with van der Waals surface area (Å²) in [4.78, 5) is 5.12. The van der Waals surface area contributed by atoms with Crippen molar-refractivity contribution in [3.63, 3.8) is 0 Å². The van der Waals surface area contributed by atoms with Crippen LogP contribution >= 0.6 is 0 Å². The van der Waals surface area contributed by atoms with Crippen molar-refractivity contribution in [2.45, 2.75) is 58.2 Å². The van der Waals surface area contributed by atoms with Crippen molar-refractivity contribution in [3.8, 4) is 72.8 Å². The largest absolute Gasteiger partial charge is 0.457 e. The first-order valence-electron chi connectivity index (χ1n) is 28.0. The molecular weight excluding hydrogens is 783 g/mol. The molecule has 0 spiro atoms. The van der Waals surface area contributed by atoms with Gasteiger partial charge in [0, 0.05) is 23.4 Å². The number of aryl methyl sites for hydroxylation is 1. The molecule has 1 fully saturated rings. The molecule has 8 aromatic carbocycles. The van der Waals surface area contributed by atoms with Gasteiger partial charge < -0.3 is 4.74 Å². The molecule has 0 amide bonds. The number of fused-ring (bicyclic) bond motifs is 15. The van der Waals surface area contributed by atoms with Gasteiger partial charge in [0.05, 0.1) is 27.8 Å². The molecule has 304 valence electrons. The summed E-state index contributed by atoms with van der Waals surface area (Å²) < 4.78 is 134. The number of para-hydroxylation sites is 4. The summed E-state index contributed by atoms with van der Waals surface area (Å²) in [6.07, 6.45) is 2.22. The topological polar surface area (TPSA) is 31.5 Å². The van der Waals surface area contributed by atoms with Gasteiger partial charge in [-0.2, -0.15) is 0 Å². The second-order valence-electron chi connectivity index (χ2n) is 17.0. The minimum atomic E-state index is -5.40. The highest BCUT2D eigenvalue weighted by molar-refractivity contribution is 7.01. The molecule has 5 heteroatoms. The normalized spacial score (nSPS) is 19.3. The van der Waals surface area contributed by atoms with E-state index in [9.17, 15) is 13.7 Å². The average molecular weight is 843 g/mol. The van der Waals surface area contributed by atoms with Crippen LogP contribution in [0.3, 0.4) is 0 Å². The standard InChI is InChI=1S/C58H47N3OSi/c1-35-29-30-54-53(31-35)62-57-55(63(54,3)4)34-52(61-51-28-16-15-27-50(51)60-49-26-14-13-25-48(49)59-58(60)61)36(2)56(57)47-33-46-43-24-12-10-22-41(43)39-20-8-7-19-38(39)40-21-9-11-23-42(40)45(46)32-44(47)37-17-5-6-18-37/h7-16,19-34,37H,5-6,17-18H2,1-4H3/i1D3,2D3,3D3,4D3,37D. The molecule has 0 bridgehead atoms. The molecule has 0 N–H and O–H groups in total. The van der Waals surface area contributed by atoms with Gasteiger partial charge in [-0.05, 0) is 158 Å². The number of nitrogens with zero attached hydrogens (tertiary/aromatic N) is 3. The van der Waals surface area contributed by atoms with E-state index in [4.69, 9.17) is 13.8 Å². The Labute approximate surface area is 387 Å².